The molecule has 5 nitrogen and oxygen atoms in total. The van der Waals surface area contributed by atoms with Crippen molar-refractivity contribution in [1.29, 1.82) is 0 Å². The highest BCUT2D eigenvalue weighted by molar-refractivity contribution is 14.1. The Kier molecular flexibility index (Phi) is 6.62. The van der Waals surface area contributed by atoms with E-state index in [1.165, 1.54) is 0 Å². The second-order valence-corrected chi connectivity index (χ2v) is 4.68. The Morgan fingerprint density at radius 2 is 1.73 bits per heavy atom. The van der Waals surface area contributed by atoms with Crippen LogP contribution in [0.4, 0.5) is 4.79 Å². The van der Waals surface area contributed by atoms with Crippen LogP contribution in [0.25, 0.3) is 0 Å². The normalized spacial score (nSPS) is 10.7. The van der Waals surface area contributed by atoms with E-state index in [2.05, 4.69) is 10.6 Å². The van der Waals surface area contributed by atoms with Gasteiger partial charge >= 0.3 is 6.09 Å². The molecule has 2 N–H and O–H groups in total. The summed E-state index contributed by atoms with van der Waals surface area (Å²) >= 11 is 1.97. The first-order chi connectivity index (χ1) is 6.85. The van der Waals surface area contributed by atoms with Crippen LogP contribution >= 0.6 is 22.6 Å². The van der Waals surface area contributed by atoms with Crippen LogP contribution < -0.4 is 10.6 Å². The minimum absolute atomic E-state index is 0.0402. The maximum atomic E-state index is 11.1. The van der Waals surface area contributed by atoms with Gasteiger partial charge < -0.3 is 15.4 Å². The second-order valence-electron chi connectivity index (χ2n) is 3.91. The summed E-state index contributed by atoms with van der Waals surface area (Å²) in [7, 11) is 0. The number of hydrogen-bond acceptors (Lipinski definition) is 3. The molecule has 0 aromatic carbocycles. The van der Waals surface area contributed by atoms with Crippen LogP contribution in [0.2, 0.25) is 0 Å². The standard InChI is InChI=1S/C9H17IN2O3/c1-9(2,3)15-8(14)12-5-4-11-7(13)6-10/h4-6H2,1-3H3,(H,11,13)(H,12,14). The molecule has 0 rings (SSSR count). The highest BCUT2D eigenvalue weighted by Gasteiger charge is 2.15. The van der Waals surface area contributed by atoms with Crippen molar-refractivity contribution < 1.29 is 14.3 Å². The van der Waals surface area contributed by atoms with Crippen molar-refractivity contribution in [3.8, 4) is 0 Å². The van der Waals surface area contributed by atoms with E-state index in [1.54, 1.807) is 20.8 Å². The molecule has 88 valence electrons. The maximum absolute atomic E-state index is 11.1. The van der Waals surface area contributed by atoms with Gasteiger partial charge in [0.15, 0.2) is 0 Å². The van der Waals surface area contributed by atoms with Crippen molar-refractivity contribution in [3.05, 3.63) is 0 Å². The third-order valence-corrected chi connectivity index (χ3v) is 1.93. The molecule has 0 aromatic rings. The van der Waals surface area contributed by atoms with Gasteiger partial charge in [0.25, 0.3) is 0 Å². The molecule has 0 heterocycles. The molecule has 0 atom stereocenters. The zero-order valence-corrected chi connectivity index (χ0v) is 11.4. The summed E-state index contributed by atoms with van der Waals surface area (Å²) in [4.78, 5) is 21.9. The highest BCUT2D eigenvalue weighted by Crippen LogP contribution is 2.05. The Bertz CT molecular complexity index is 226. The van der Waals surface area contributed by atoms with Crippen molar-refractivity contribution >= 4 is 34.6 Å². The zero-order valence-electron chi connectivity index (χ0n) is 9.22. The first kappa shape index (κ1) is 14.5. The summed E-state index contributed by atoms with van der Waals surface area (Å²) in [5.74, 6) is -0.0402. The number of rotatable bonds is 4. The number of ether oxygens (including phenoxy) is 1. The average molecular weight is 328 g/mol. The first-order valence-corrected chi connectivity index (χ1v) is 6.17. The van der Waals surface area contributed by atoms with Crippen LogP contribution in [-0.4, -0.2) is 35.1 Å². The van der Waals surface area contributed by atoms with E-state index < -0.39 is 11.7 Å². The van der Waals surface area contributed by atoms with Gasteiger partial charge in [0.2, 0.25) is 5.91 Å². The predicted molar refractivity (Wildman–Crippen MR) is 66.1 cm³/mol. The molecule has 0 saturated heterocycles. The molecule has 0 saturated carbocycles. The van der Waals surface area contributed by atoms with Gasteiger partial charge in [0.1, 0.15) is 5.60 Å². The van der Waals surface area contributed by atoms with Gasteiger partial charge in [-0.05, 0) is 20.8 Å². The SMILES string of the molecule is CC(C)(C)OC(=O)NCCNC(=O)CI. The molecule has 0 radical (unpaired) electrons. The van der Waals surface area contributed by atoms with E-state index in [4.69, 9.17) is 4.74 Å². The van der Waals surface area contributed by atoms with E-state index in [0.29, 0.717) is 17.5 Å². The summed E-state index contributed by atoms with van der Waals surface area (Å²) in [5.41, 5.74) is -0.491. The summed E-state index contributed by atoms with van der Waals surface area (Å²) in [6.07, 6.45) is -0.466. The molecule has 2 amide bonds. The lowest BCUT2D eigenvalue weighted by atomic mass is 10.2. The van der Waals surface area contributed by atoms with Gasteiger partial charge in [0, 0.05) is 13.1 Å². The highest BCUT2D eigenvalue weighted by atomic mass is 127. The summed E-state index contributed by atoms with van der Waals surface area (Å²) in [6.45, 7) is 6.18. The Morgan fingerprint density at radius 3 is 2.20 bits per heavy atom. The number of alkyl halides is 1. The molecule has 0 unspecified atom stereocenters. The molecule has 0 spiro atoms. The summed E-state index contributed by atoms with van der Waals surface area (Å²) in [5, 5.41) is 5.17. The van der Waals surface area contributed by atoms with Crippen LogP contribution in [-0.2, 0) is 9.53 Å². The van der Waals surface area contributed by atoms with Gasteiger partial charge in [0.05, 0.1) is 4.43 Å². The molecule has 15 heavy (non-hydrogen) atoms. The maximum Gasteiger partial charge on any atom is 0.407 e. The van der Waals surface area contributed by atoms with E-state index in [0.717, 1.165) is 0 Å². The molecular weight excluding hydrogens is 311 g/mol. The fourth-order valence-electron chi connectivity index (χ4n) is 0.728. The van der Waals surface area contributed by atoms with Crippen molar-refractivity contribution in [2.45, 2.75) is 26.4 Å². The molecule has 0 aromatic heterocycles. The van der Waals surface area contributed by atoms with Crippen molar-refractivity contribution in [2.24, 2.45) is 0 Å². The van der Waals surface area contributed by atoms with Crippen molar-refractivity contribution in [3.63, 3.8) is 0 Å². The Labute approximate surface area is 103 Å². The number of carbonyl (C=O) groups excluding carboxylic acids is 2. The second kappa shape index (κ2) is 6.86. The largest absolute Gasteiger partial charge is 0.444 e. The molecule has 6 heteroatoms. The van der Waals surface area contributed by atoms with Gasteiger partial charge in [-0.25, -0.2) is 4.79 Å². The van der Waals surface area contributed by atoms with Crippen LogP contribution in [0, 0.1) is 0 Å². The van der Waals surface area contributed by atoms with Crippen LogP contribution in [0.1, 0.15) is 20.8 Å². The minimum atomic E-state index is -0.491. The average Bonchev–Trinajstić information content (AvgIpc) is 2.09. The van der Waals surface area contributed by atoms with Crippen molar-refractivity contribution in [1.82, 2.24) is 10.6 Å². The molecular formula is C9H17IN2O3. The summed E-state index contributed by atoms with van der Waals surface area (Å²) < 4.78 is 5.43. The van der Waals surface area contributed by atoms with Gasteiger partial charge in [-0.2, -0.15) is 0 Å². The Balaban J connectivity index is 3.52. The molecule has 0 aliphatic heterocycles. The third-order valence-electron chi connectivity index (χ3n) is 1.24. The number of alkyl carbamates (subject to hydrolysis) is 1. The third kappa shape index (κ3) is 9.77. The van der Waals surface area contributed by atoms with Gasteiger partial charge in [-0.3, -0.25) is 4.79 Å². The number of hydrogen-bond donors (Lipinski definition) is 2. The Morgan fingerprint density at radius 1 is 1.20 bits per heavy atom. The molecule has 0 aliphatic rings. The lowest BCUT2D eigenvalue weighted by Gasteiger charge is -2.19. The monoisotopic (exact) mass is 328 g/mol. The van der Waals surface area contributed by atoms with Crippen LogP contribution in [0.15, 0.2) is 0 Å². The zero-order chi connectivity index (χ0) is 11.9. The lowest BCUT2D eigenvalue weighted by Crippen LogP contribution is -2.38. The number of nitrogens with one attached hydrogen (secondary N) is 2. The van der Waals surface area contributed by atoms with Crippen LogP contribution in [0.3, 0.4) is 0 Å². The van der Waals surface area contributed by atoms with E-state index >= 15 is 0 Å². The van der Waals surface area contributed by atoms with Gasteiger partial charge in [-0.15, -0.1) is 0 Å². The fraction of sp³-hybridized carbons (Fsp3) is 0.778. The first-order valence-electron chi connectivity index (χ1n) is 4.64. The van der Waals surface area contributed by atoms with Crippen LogP contribution in [0.5, 0.6) is 0 Å². The molecule has 0 fully saturated rings. The lowest BCUT2D eigenvalue weighted by molar-refractivity contribution is -0.118. The summed E-state index contributed by atoms with van der Waals surface area (Å²) in [6, 6.07) is 0. The number of carbonyl (C=O) groups is 2. The predicted octanol–water partition coefficient (Wildman–Crippen LogP) is 1.06. The number of halogens is 1. The quantitative estimate of drug-likeness (QED) is 0.461. The molecule has 0 bridgehead atoms. The smallest absolute Gasteiger partial charge is 0.407 e. The van der Waals surface area contributed by atoms with E-state index in [1.807, 2.05) is 22.6 Å². The fourth-order valence-corrected chi connectivity index (χ4v) is 0.998. The van der Waals surface area contributed by atoms with Gasteiger partial charge in [-0.1, -0.05) is 22.6 Å². The van der Waals surface area contributed by atoms with E-state index in [-0.39, 0.29) is 5.91 Å². The minimum Gasteiger partial charge on any atom is -0.444 e. The Hall–Kier alpha value is -0.530. The molecule has 0 aliphatic carbocycles. The van der Waals surface area contributed by atoms with E-state index in [9.17, 15) is 9.59 Å². The van der Waals surface area contributed by atoms with Crippen molar-refractivity contribution in [2.75, 3.05) is 17.5 Å². The number of amides is 2. The topological polar surface area (TPSA) is 67.4 Å².